The fourth-order valence-corrected chi connectivity index (χ4v) is 3.04. The lowest BCUT2D eigenvalue weighted by Gasteiger charge is -2.26. The summed E-state index contributed by atoms with van der Waals surface area (Å²) in [7, 11) is 4.04. The molecule has 0 aromatic heterocycles. The number of nitrogens with one attached hydrogen (secondary N) is 1. The van der Waals surface area contributed by atoms with Crippen molar-refractivity contribution >= 4 is 5.91 Å². The van der Waals surface area contributed by atoms with Crippen LogP contribution in [-0.2, 0) is 6.54 Å². The van der Waals surface area contributed by atoms with Gasteiger partial charge in [-0.3, -0.25) is 4.79 Å². The normalized spacial score (nSPS) is 18.0. The minimum Gasteiger partial charge on any atom is -0.388 e. The fourth-order valence-electron chi connectivity index (χ4n) is 3.04. The first-order chi connectivity index (χ1) is 10.5. The van der Waals surface area contributed by atoms with Crippen molar-refractivity contribution in [2.75, 3.05) is 20.6 Å². The summed E-state index contributed by atoms with van der Waals surface area (Å²) in [6.07, 6.45) is 6.04. The highest BCUT2D eigenvalue weighted by atomic mass is 16.3. The number of amides is 1. The van der Waals surface area contributed by atoms with Gasteiger partial charge < -0.3 is 15.3 Å². The summed E-state index contributed by atoms with van der Waals surface area (Å²) < 4.78 is 0. The van der Waals surface area contributed by atoms with Crippen molar-refractivity contribution in [3.05, 3.63) is 35.4 Å². The summed E-state index contributed by atoms with van der Waals surface area (Å²) in [4.78, 5) is 14.3. The lowest BCUT2D eigenvalue weighted by molar-refractivity contribution is 0.0246. The predicted molar refractivity (Wildman–Crippen MR) is 88.8 cm³/mol. The number of hydrogen-bond donors (Lipinski definition) is 2. The van der Waals surface area contributed by atoms with Gasteiger partial charge in [0.1, 0.15) is 0 Å². The van der Waals surface area contributed by atoms with E-state index in [1.54, 1.807) is 0 Å². The first-order valence-corrected chi connectivity index (χ1v) is 8.23. The monoisotopic (exact) mass is 304 g/mol. The first-order valence-electron chi connectivity index (χ1n) is 8.23. The van der Waals surface area contributed by atoms with E-state index >= 15 is 0 Å². The lowest BCUT2D eigenvalue weighted by atomic mass is 9.94. The van der Waals surface area contributed by atoms with Crippen LogP contribution in [0.1, 0.15) is 54.4 Å². The number of nitrogens with zero attached hydrogens (tertiary/aromatic N) is 1. The molecule has 2 N–H and O–H groups in total. The molecule has 1 saturated carbocycles. The van der Waals surface area contributed by atoms with Crippen LogP contribution in [0.2, 0.25) is 0 Å². The van der Waals surface area contributed by atoms with Crippen molar-refractivity contribution in [3.8, 4) is 0 Å². The number of rotatable bonds is 5. The molecule has 1 aliphatic carbocycles. The van der Waals surface area contributed by atoms with Crippen LogP contribution in [0.25, 0.3) is 0 Å². The molecule has 1 aliphatic rings. The van der Waals surface area contributed by atoms with Crippen molar-refractivity contribution < 1.29 is 9.90 Å². The third-order valence-corrected chi connectivity index (χ3v) is 4.33. The Labute approximate surface area is 133 Å². The number of aliphatic hydroxyl groups is 1. The molecule has 4 heteroatoms. The topological polar surface area (TPSA) is 52.6 Å². The van der Waals surface area contributed by atoms with Crippen LogP contribution in [0, 0.1) is 0 Å². The van der Waals surface area contributed by atoms with Crippen molar-refractivity contribution in [2.24, 2.45) is 0 Å². The summed E-state index contributed by atoms with van der Waals surface area (Å²) in [5.41, 5.74) is 1.11. The van der Waals surface area contributed by atoms with Crippen LogP contribution in [0.4, 0.5) is 0 Å². The van der Waals surface area contributed by atoms with Gasteiger partial charge in [-0.05, 0) is 44.6 Å². The second-order valence-corrected chi connectivity index (χ2v) is 6.76. The fraction of sp³-hybridized carbons (Fsp3) is 0.611. The van der Waals surface area contributed by atoms with E-state index < -0.39 is 5.60 Å². The Morgan fingerprint density at radius 3 is 2.27 bits per heavy atom. The number of carbonyl (C=O) groups excluding carboxylic acids is 1. The maximum atomic E-state index is 12.2. The number of carbonyl (C=O) groups is 1. The van der Waals surface area contributed by atoms with Gasteiger partial charge in [0.25, 0.3) is 5.91 Å². The Balaban J connectivity index is 1.88. The highest BCUT2D eigenvalue weighted by Crippen LogP contribution is 2.26. The van der Waals surface area contributed by atoms with Crippen molar-refractivity contribution in [2.45, 2.75) is 50.7 Å². The van der Waals surface area contributed by atoms with Crippen molar-refractivity contribution in [1.82, 2.24) is 10.2 Å². The third-order valence-electron chi connectivity index (χ3n) is 4.33. The minimum absolute atomic E-state index is 0.103. The van der Waals surface area contributed by atoms with Gasteiger partial charge in [-0.1, -0.05) is 37.8 Å². The molecule has 1 aromatic rings. The van der Waals surface area contributed by atoms with Crippen LogP contribution < -0.4 is 5.32 Å². The summed E-state index contributed by atoms with van der Waals surface area (Å²) in [6.45, 7) is 1.22. The van der Waals surface area contributed by atoms with Crippen LogP contribution in [0.15, 0.2) is 24.3 Å². The molecule has 0 spiro atoms. The van der Waals surface area contributed by atoms with E-state index in [2.05, 4.69) is 10.2 Å². The standard InChI is InChI=1S/C18H28N2O2/c1-20(2)13-15-7-9-16(10-8-15)17(21)19-14-18(22)11-5-3-4-6-12-18/h7-10,22H,3-6,11-14H2,1-2H3,(H,19,21). The third kappa shape index (κ3) is 5.11. The summed E-state index contributed by atoms with van der Waals surface area (Å²) in [6, 6.07) is 7.67. The highest BCUT2D eigenvalue weighted by Gasteiger charge is 2.28. The largest absolute Gasteiger partial charge is 0.388 e. The predicted octanol–water partition coefficient (Wildman–Crippen LogP) is 2.56. The Hall–Kier alpha value is -1.39. The quantitative estimate of drug-likeness (QED) is 0.822. The van der Waals surface area contributed by atoms with Crippen LogP contribution in [0.3, 0.4) is 0 Å². The Morgan fingerprint density at radius 2 is 1.73 bits per heavy atom. The van der Waals surface area contributed by atoms with E-state index in [1.807, 2.05) is 38.4 Å². The van der Waals surface area contributed by atoms with Gasteiger partial charge in [0.2, 0.25) is 0 Å². The SMILES string of the molecule is CN(C)Cc1ccc(C(=O)NCC2(O)CCCCCC2)cc1. The molecule has 1 amide bonds. The van der Waals surface area contributed by atoms with Crippen LogP contribution in [0.5, 0.6) is 0 Å². The average Bonchev–Trinajstić information content (AvgIpc) is 2.70. The van der Waals surface area contributed by atoms with Gasteiger partial charge in [-0.2, -0.15) is 0 Å². The Morgan fingerprint density at radius 1 is 1.14 bits per heavy atom. The van der Waals surface area contributed by atoms with E-state index in [1.165, 1.54) is 18.4 Å². The summed E-state index contributed by atoms with van der Waals surface area (Å²) in [5.74, 6) is -0.103. The number of benzene rings is 1. The molecule has 0 radical (unpaired) electrons. The molecule has 0 saturated heterocycles. The minimum atomic E-state index is -0.725. The van der Waals surface area contributed by atoms with Gasteiger partial charge in [-0.25, -0.2) is 0 Å². The van der Waals surface area contributed by atoms with E-state index in [4.69, 9.17) is 0 Å². The highest BCUT2D eigenvalue weighted by molar-refractivity contribution is 5.94. The van der Waals surface area contributed by atoms with E-state index in [0.29, 0.717) is 12.1 Å². The Bertz CT molecular complexity index is 474. The zero-order chi connectivity index (χ0) is 16.0. The molecule has 0 heterocycles. The van der Waals surface area contributed by atoms with Crippen molar-refractivity contribution in [1.29, 1.82) is 0 Å². The van der Waals surface area contributed by atoms with Crippen LogP contribution in [-0.4, -0.2) is 42.2 Å². The van der Waals surface area contributed by atoms with E-state index in [0.717, 1.165) is 32.2 Å². The van der Waals surface area contributed by atoms with Gasteiger partial charge in [0.05, 0.1) is 5.60 Å². The van der Waals surface area contributed by atoms with Gasteiger partial charge >= 0.3 is 0 Å². The Kier molecular flexibility index (Phi) is 5.98. The zero-order valence-electron chi connectivity index (χ0n) is 13.8. The molecule has 2 rings (SSSR count). The molecule has 122 valence electrons. The summed E-state index contributed by atoms with van der Waals surface area (Å²) in [5, 5.41) is 13.5. The maximum Gasteiger partial charge on any atom is 0.251 e. The van der Waals surface area contributed by atoms with Crippen LogP contribution >= 0.6 is 0 Å². The maximum absolute atomic E-state index is 12.2. The second kappa shape index (κ2) is 7.75. The molecular weight excluding hydrogens is 276 g/mol. The van der Waals surface area contributed by atoms with Crippen molar-refractivity contribution in [3.63, 3.8) is 0 Å². The molecular formula is C18H28N2O2. The van der Waals surface area contributed by atoms with Gasteiger partial charge in [-0.15, -0.1) is 0 Å². The molecule has 4 nitrogen and oxygen atoms in total. The number of hydrogen-bond acceptors (Lipinski definition) is 3. The summed E-state index contributed by atoms with van der Waals surface area (Å²) >= 11 is 0. The smallest absolute Gasteiger partial charge is 0.251 e. The second-order valence-electron chi connectivity index (χ2n) is 6.76. The van der Waals surface area contributed by atoms with E-state index in [9.17, 15) is 9.90 Å². The van der Waals surface area contributed by atoms with E-state index in [-0.39, 0.29) is 5.91 Å². The molecule has 0 bridgehead atoms. The average molecular weight is 304 g/mol. The van der Waals surface area contributed by atoms with Gasteiger partial charge in [0.15, 0.2) is 0 Å². The zero-order valence-corrected chi connectivity index (χ0v) is 13.8. The lowest BCUT2D eigenvalue weighted by Crippen LogP contribution is -2.42. The molecule has 0 unspecified atom stereocenters. The first kappa shape index (κ1) is 17.0. The molecule has 22 heavy (non-hydrogen) atoms. The van der Waals surface area contributed by atoms with Gasteiger partial charge in [0, 0.05) is 18.7 Å². The molecule has 0 aliphatic heterocycles. The molecule has 0 atom stereocenters. The molecule has 1 aromatic carbocycles. The molecule has 1 fully saturated rings.